The molecule has 0 saturated heterocycles. The van der Waals surface area contributed by atoms with E-state index in [4.69, 9.17) is 0 Å². The van der Waals surface area contributed by atoms with Crippen LogP contribution in [-0.4, -0.2) is 19.0 Å². The van der Waals surface area contributed by atoms with E-state index in [-0.39, 0.29) is 0 Å². The van der Waals surface area contributed by atoms with E-state index >= 15 is 0 Å². The summed E-state index contributed by atoms with van der Waals surface area (Å²) in [5.41, 5.74) is 0. The Morgan fingerprint density at radius 3 is 1.85 bits per heavy atom. The molecule has 0 atom stereocenters. The zero-order valence-corrected chi connectivity index (χ0v) is 9.73. The molecule has 0 radical (unpaired) electrons. The summed E-state index contributed by atoms with van der Waals surface area (Å²) >= 11 is 3.40. The van der Waals surface area contributed by atoms with E-state index in [0.717, 1.165) is 0 Å². The summed E-state index contributed by atoms with van der Waals surface area (Å²) in [5.74, 6) is -4.58. The third-order valence-corrected chi connectivity index (χ3v) is 2.52. The molecule has 0 aliphatic carbocycles. The summed E-state index contributed by atoms with van der Waals surface area (Å²) in [6.45, 7) is -2.05. The Hall–Kier alpha value is 0.930. The molecule has 0 heterocycles. The van der Waals surface area contributed by atoms with E-state index in [0.29, 0.717) is 0 Å². The van der Waals surface area contributed by atoms with E-state index < -0.39 is 23.8 Å². The molecule has 1 nitrogen and oxygen atoms in total. The molecule has 0 aromatic carbocycles. The summed E-state index contributed by atoms with van der Waals surface area (Å²) in [5, 5.41) is 0. The molecule has 10 heteroatoms. The Labute approximate surface area is 85.5 Å². The predicted molar refractivity (Wildman–Crippen MR) is 43.9 cm³/mol. The molecule has 0 aliphatic rings. The molecule has 0 saturated carbocycles. The molecule has 0 N–H and O–H groups in total. The van der Waals surface area contributed by atoms with Crippen molar-refractivity contribution in [2.24, 2.45) is 0 Å². The molecule has 0 rings (SSSR count). The first kappa shape index (κ1) is 13.9. The van der Waals surface area contributed by atoms with Crippen molar-refractivity contribution >= 4 is 35.8 Å². The fourth-order valence-electron chi connectivity index (χ4n) is 0.247. The zero-order valence-electron chi connectivity index (χ0n) is 5.66. The third-order valence-electron chi connectivity index (χ3n) is 0.771. The van der Waals surface area contributed by atoms with Crippen LogP contribution >= 0.6 is 35.8 Å². The van der Waals surface area contributed by atoms with Crippen LogP contribution in [0.4, 0.5) is 26.0 Å². The van der Waals surface area contributed by atoms with Crippen molar-refractivity contribution in [3.05, 3.63) is 0 Å². The topological polar surface area (TPSA) is 9.23 Å². The SMILES string of the molecule is FC(F)C(F)(F)COP(F)(F)(Br)Br. The third kappa shape index (κ3) is 6.93. The summed E-state index contributed by atoms with van der Waals surface area (Å²) < 4.78 is 75.0. The molecule has 0 aromatic rings. The average Bonchev–Trinajstić information content (AvgIpc) is 1.81. The van der Waals surface area contributed by atoms with Crippen LogP contribution in [0.15, 0.2) is 0 Å². The second kappa shape index (κ2) is 3.83. The number of alkyl halides is 4. The van der Waals surface area contributed by atoms with Crippen LogP contribution in [-0.2, 0) is 4.52 Å². The molecule has 0 spiro atoms. The maximum absolute atomic E-state index is 12.4. The first-order valence-corrected chi connectivity index (χ1v) is 8.58. The molecule has 0 aliphatic heterocycles. The van der Waals surface area contributed by atoms with Gasteiger partial charge in [0.15, 0.2) is 0 Å². The molecule has 0 amide bonds. The molecule has 13 heavy (non-hydrogen) atoms. The minimum absolute atomic E-state index is 1.70. The first-order valence-electron chi connectivity index (χ1n) is 2.60. The van der Waals surface area contributed by atoms with Crippen molar-refractivity contribution in [2.45, 2.75) is 12.3 Å². The Kier molecular flexibility index (Phi) is 4.10. The summed E-state index contributed by atoms with van der Waals surface area (Å²) in [4.78, 5) is -5.96. The van der Waals surface area contributed by atoms with Gasteiger partial charge in [0.2, 0.25) is 0 Å². The van der Waals surface area contributed by atoms with Crippen molar-refractivity contribution in [1.29, 1.82) is 0 Å². The fraction of sp³-hybridized carbons (Fsp3) is 1.00. The number of hydrogen-bond acceptors (Lipinski definition) is 1. The molecular weight excluding hydrogens is 357 g/mol. The van der Waals surface area contributed by atoms with Crippen LogP contribution in [0.2, 0.25) is 0 Å². The number of hydrogen-bond donors (Lipinski definition) is 0. The van der Waals surface area contributed by atoms with Crippen LogP contribution in [0.3, 0.4) is 0 Å². The summed E-state index contributed by atoms with van der Waals surface area (Å²) in [6.07, 6.45) is -4.04. The van der Waals surface area contributed by atoms with Gasteiger partial charge in [0, 0.05) is 0 Å². The monoisotopic (exact) mass is 358 g/mol. The van der Waals surface area contributed by atoms with Crippen LogP contribution in [0.5, 0.6) is 0 Å². The summed E-state index contributed by atoms with van der Waals surface area (Å²) in [6, 6.07) is 0. The Balaban J connectivity index is 4.19. The van der Waals surface area contributed by atoms with Gasteiger partial charge in [-0.3, -0.25) is 0 Å². The van der Waals surface area contributed by atoms with E-state index in [2.05, 4.69) is 4.52 Å². The van der Waals surface area contributed by atoms with Crippen molar-refractivity contribution in [3.8, 4) is 0 Å². The number of halogens is 8. The zero-order chi connectivity index (χ0) is 10.9. The van der Waals surface area contributed by atoms with Gasteiger partial charge in [-0.2, -0.15) is 0 Å². The normalized spacial score (nSPS) is 17.2. The first-order chi connectivity index (χ1) is 5.40. The van der Waals surface area contributed by atoms with E-state index in [1.165, 1.54) is 0 Å². The molecular formula is C3H3Br2F6OP. The van der Waals surface area contributed by atoms with Crippen molar-refractivity contribution < 1.29 is 30.5 Å². The second-order valence-corrected chi connectivity index (χ2v) is 13.5. The standard InChI is InChI=1S/C3H3Br2F6OP/c4-13(5,10,11)12-1-3(8,9)2(6)7/h2H,1H2. The van der Waals surface area contributed by atoms with Gasteiger partial charge >= 0.3 is 85.3 Å². The molecule has 0 unspecified atom stereocenters. The fourth-order valence-corrected chi connectivity index (χ4v) is 1.23. The van der Waals surface area contributed by atoms with Gasteiger partial charge in [-0.1, -0.05) is 0 Å². The van der Waals surface area contributed by atoms with Crippen molar-refractivity contribution in [2.75, 3.05) is 6.61 Å². The molecule has 0 aromatic heterocycles. The van der Waals surface area contributed by atoms with Gasteiger partial charge in [0.05, 0.1) is 0 Å². The van der Waals surface area contributed by atoms with Crippen molar-refractivity contribution in [3.63, 3.8) is 0 Å². The van der Waals surface area contributed by atoms with Gasteiger partial charge in [-0.25, -0.2) is 0 Å². The molecule has 0 fully saturated rings. The van der Waals surface area contributed by atoms with E-state index in [1.54, 1.807) is 31.0 Å². The van der Waals surface area contributed by atoms with Gasteiger partial charge in [-0.15, -0.1) is 0 Å². The Morgan fingerprint density at radius 2 is 1.62 bits per heavy atom. The predicted octanol–water partition coefficient (Wildman–Crippen LogP) is 4.76. The van der Waals surface area contributed by atoms with Crippen LogP contribution in [0.25, 0.3) is 0 Å². The Morgan fingerprint density at radius 1 is 1.23 bits per heavy atom. The van der Waals surface area contributed by atoms with Crippen LogP contribution < -0.4 is 0 Å². The molecule has 0 bridgehead atoms. The van der Waals surface area contributed by atoms with Crippen LogP contribution in [0, 0.1) is 0 Å². The average molecular weight is 360 g/mol. The Bertz CT molecular complexity index is 181. The van der Waals surface area contributed by atoms with E-state index in [9.17, 15) is 26.0 Å². The molecule has 82 valence electrons. The van der Waals surface area contributed by atoms with Gasteiger partial charge in [-0.05, 0) is 0 Å². The van der Waals surface area contributed by atoms with Crippen LogP contribution in [0.1, 0.15) is 0 Å². The van der Waals surface area contributed by atoms with Gasteiger partial charge < -0.3 is 0 Å². The second-order valence-electron chi connectivity index (χ2n) is 1.99. The van der Waals surface area contributed by atoms with Crippen molar-refractivity contribution in [1.82, 2.24) is 0 Å². The minimum atomic E-state index is -5.96. The van der Waals surface area contributed by atoms with E-state index in [1.807, 2.05) is 0 Å². The quantitative estimate of drug-likeness (QED) is 0.519. The summed E-state index contributed by atoms with van der Waals surface area (Å²) in [7, 11) is 0. The van der Waals surface area contributed by atoms with Gasteiger partial charge in [0.25, 0.3) is 0 Å². The van der Waals surface area contributed by atoms with Gasteiger partial charge in [0.1, 0.15) is 0 Å². The number of rotatable bonds is 4. The maximum atomic E-state index is 12.4.